The monoisotopic (exact) mass is 1100 g/mol. The normalized spacial score (nSPS) is 13.5. The molecule has 11 aromatic rings. The van der Waals surface area contributed by atoms with Gasteiger partial charge in [0.05, 0.1) is 45.8 Å². The van der Waals surface area contributed by atoms with Crippen molar-refractivity contribution in [3.05, 3.63) is 243 Å². The van der Waals surface area contributed by atoms with Gasteiger partial charge in [-0.3, -0.25) is 4.99 Å². The average molecular weight is 1100 g/mol. The van der Waals surface area contributed by atoms with Crippen molar-refractivity contribution < 1.29 is 18.4 Å². The van der Waals surface area contributed by atoms with Gasteiger partial charge in [-0.1, -0.05) is 103 Å². The maximum Gasteiger partial charge on any atom is 0.349 e. The van der Waals surface area contributed by atoms with Crippen LogP contribution in [0.15, 0.2) is 161 Å². The van der Waals surface area contributed by atoms with Crippen molar-refractivity contribution in [2.24, 2.45) is 4.99 Å². The minimum absolute atomic E-state index is 0.150. The summed E-state index contributed by atoms with van der Waals surface area (Å²) in [7, 11) is 0. The molecule has 0 saturated carbocycles. The summed E-state index contributed by atoms with van der Waals surface area (Å²) >= 11 is 0. The third kappa shape index (κ3) is 9.64. The molecule has 10 nitrogen and oxygen atoms in total. The van der Waals surface area contributed by atoms with E-state index in [9.17, 15) is 14.7 Å². The Labute approximate surface area is 484 Å². The van der Waals surface area contributed by atoms with Crippen LogP contribution in [0.25, 0.3) is 44.5 Å². The molecule has 0 fully saturated rings. The van der Waals surface area contributed by atoms with E-state index in [2.05, 4.69) is 167 Å². The summed E-state index contributed by atoms with van der Waals surface area (Å²) in [5.74, 6) is 0.165. The van der Waals surface area contributed by atoms with E-state index in [0.29, 0.717) is 44.8 Å². The van der Waals surface area contributed by atoms with Crippen LogP contribution in [0.5, 0.6) is 0 Å². The van der Waals surface area contributed by atoms with Crippen LogP contribution in [0.4, 0.5) is 39.8 Å². The van der Waals surface area contributed by atoms with Gasteiger partial charge in [0.1, 0.15) is 22.2 Å². The number of aliphatic hydroxyl groups is 1. The molecule has 416 valence electrons. The summed E-state index contributed by atoms with van der Waals surface area (Å²) in [5, 5.41) is 13.1. The molecule has 10 heteroatoms. The molecule has 1 aliphatic heterocycles. The van der Waals surface area contributed by atoms with Gasteiger partial charge in [0.25, 0.3) is 0 Å². The smallest absolute Gasteiger partial charge is 0.349 e. The van der Waals surface area contributed by atoms with Crippen LogP contribution in [-0.2, 0) is 5.41 Å². The average Bonchev–Trinajstić information content (AvgIpc) is 3.94. The lowest BCUT2D eigenvalue weighted by molar-refractivity contribution is 0.185. The van der Waals surface area contributed by atoms with E-state index >= 15 is 0 Å². The Morgan fingerprint density at radius 2 is 0.867 bits per heavy atom. The summed E-state index contributed by atoms with van der Waals surface area (Å²) in [6, 6.07) is 45.1. The Kier molecular flexibility index (Phi) is 13.4. The molecule has 1 N–H and O–H groups in total. The van der Waals surface area contributed by atoms with Crippen LogP contribution < -0.4 is 21.1 Å². The Bertz CT molecular complexity index is 4480. The van der Waals surface area contributed by atoms with Crippen molar-refractivity contribution in [1.29, 1.82) is 0 Å². The third-order valence-corrected chi connectivity index (χ3v) is 16.8. The van der Waals surface area contributed by atoms with Crippen LogP contribution in [0.1, 0.15) is 115 Å². The first-order valence-corrected chi connectivity index (χ1v) is 28.4. The molecule has 0 amide bonds. The fraction of sp³-hybridized carbons (Fsp3) is 0.233. The molecule has 0 bridgehead atoms. The maximum absolute atomic E-state index is 14.1. The summed E-state index contributed by atoms with van der Waals surface area (Å²) in [4.78, 5) is 42.7. The number of hydrogen-bond donors (Lipinski definition) is 1. The summed E-state index contributed by atoms with van der Waals surface area (Å²) in [5.41, 5.74) is 24.5. The van der Waals surface area contributed by atoms with Gasteiger partial charge >= 0.3 is 11.3 Å². The van der Waals surface area contributed by atoms with Crippen LogP contribution in [0.3, 0.4) is 0 Å². The van der Waals surface area contributed by atoms with Crippen LogP contribution in [0, 0.1) is 83.1 Å². The minimum atomic E-state index is -0.892. The number of aryl methyl sites for hydroxylation is 12. The molecule has 3 aromatic heterocycles. The summed E-state index contributed by atoms with van der Waals surface area (Å²) in [6.07, 6.45) is -0.742. The van der Waals surface area contributed by atoms with Gasteiger partial charge in [-0.05, 0) is 193 Å². The molecule has 0 radical (unpaired) electrons. The second kappa shape index (κ2) is 20.4. The third-order valence-electron chi connectivity index (χ3n) is 16.8. The van der Waals surface area contributed by atoms with E-state index in [1.807, 2.05) is 66.7 Å². The number of anilines is 6. The van der Waals surface area contributed by atoms with E-state index in [4.69, 9.17) is 23.2 Å². The minimum Gasteiger partial charge on any atom is -0.436 e. The molecule has 0 aliphatic carbocycles. The molecular weight excluding hydrogens is 1030 g/mol. The van der Waals surface area contributed by atoms with Gasteiger partial charge in [-0.25, -0.2) is 14.6 Å². The van der Waals surface area contributed by atoms with Gasteiger partial charge in [0.2, 0.25) is 5.89 Å². The highest BCUT2D eigenvalue weighted by Crippen LogP contribution is 2.47. The molecular formula is C73H68N4O6. The molecule has 83 heavy (non-hydrogen) atoms. The van der Waals surface area contributed by atoms with Crippen molar-refractivity contribution in [3.63, 3.8) is 0 Å². The highest BCUT2D eigenvalue weighted by atomic mass is 16.4. The molecule has 0 spiro atoms. The fourth-order valence-electron chi connectivity index (χ4n) is 13.2. The van der Waals surface area contributed by atoms with Gasteiger partial charge in [-0.2, -0.15) is 0 Å². The topological polar surface area (TPSA) is 126 Å². The van der Waals surface area contributed by atoms with Crippen molar-refractivity contribution in [2.45, 2.75) is 115 Å². The van der Waals surface area contributed by atoms with Gasteiger partial charge in [0, 0.05) is 51.7 Å². The molecule has 1 atom stereocenters. The van der Waals surface area contributed by atoms with E-state index in [1.54, 1.807) is 6.07 Å². The zero-order valence-corrected chi connectivity index (χ0v) is 49.8. The number of aliphatic imine (C=N–C) groups is 1. The Morgan fingerprint density at radius 3 is 1.33 bits per heavy atom. The Morgan fingerprint density at radius 1 is 0.458 bits per heavy atom. The molecule has 8 aromatic carbocycles. The molecule has 0 unspecified atom stereocenters. The lowest BCUT2D eigenvalue weighted by atomic mass is 9.77. The number of benzene rings is 8. The zero-order valence-electron chi connectivity index (χ0n) is 49.8. The summed E-state index contributed by atoms with van der Waals surface area (Å²) < 4.78 is 18.6. The highest BCUT2D eigenvalue weighted by molar-refractivity contribution is 6.05. The number of fused-ring (bicyclic) bond motifs is 4. The molecule has 12 rings (SSSR count). The van der Waals surface area contributed by atoms with E-state index in [-0.39, 0.29) is 17.9 Å². The van der Waals surface area contributed by atoms with E-state index < -0.39 is 22.8 Å². The first kappa shape index (κ1) is 54.5. The van der Waals surface area contributed by atoms with Crippen LogP contribution in [0.2, 0.25) is 0 Å². The second-order valence-electron chi connectivity index (χ2n) is 23.9. The van der Waals surface area contributed by atoms with Crippen molar-refractivity contribution >= 4 is 78.6 Å². The first-order chi connectivity index (χ1) is 39.5. The van der Waals surface area contributed by atoms with Crippen molar-refractivity contribution in [2.75, 3.05) is 9.80 Å². The standard InChI is InChI=1S/C73H68N4O6/c1-38-23-42(5)66(43(6)24-38)76(67-44(7)25-39(2)26-45(67)8)54-19-15-50-31-57(71(79)82-64(50)35-54)60-37-62(78)56-21-17-52(33-59(56)74-60)73(13,14)53-18-22-63-61(34-53)75-70(81-63)58-32-51-16-20-55(36-65(51)83-72(58)80)77(68-46(9)27-40(3)28-47(68)10)69-48(11)29-41(4)30-49(69)12/h15-36,62,78H,37H2,1-14H3/t62-/m1/s1. The number of oxazole rings is 1. The maximum atomic E-state index is 14.1. The number of aromatic nitrogens is 1. The van der Waals surface area contributed by atoms with E-state index in [0.717, 1.165) is 101 Å². The Hall–Kier alpha value is -9.12. The predicted octanol–water partition coefficient (Wildman–Crippen LogP) is 18.2. The lowest BCUT2D eigenvalue weighted by Crippen LogP contribution is -2.22. The van der Waals surface area contributed by atoms with Crippen LogP contribution >= 0.6 is 0 Å². The molecule has 0 saturated heterocycles. The second-order valence-corrected chi connectivity index (χ2v) is 23.9. The largest absolute Gasteiger partial charge is 0.436 e. The van der Waals surface area contributed by atoms with Crippen molar-refractivity contribution in [1.82, 2.24) is 4.98 Å². The van der Waals surface area contributed by atoms with Gasteiger partial charge < -0.3 is 28.2 Å². The van der Waals surface area contributed by atoms with Crippen LogP contribution in [-0.4, -0.2) is 15.8 Å². The highest BCUT2D eigenvalue weighted by Gasteiger charge is 2.31. The molecule has 1 aliphatic rings. The number of hydrogen-bond acceptors (Lipinski definition) is 10. The van der Waals surface area contributed by atoms with E-state index in [1.165, 1.54) is 22.3 Å². The molecule has 4 heterocycles. The Balaban J connectivity index is 0.848. The number of aliphatic hydroxyl groups excluding tert-OH is 1. The van der Waals surface area contributed by atoms with Crippen molar-refractivity contribution in [3.8, 4) is 11.5 Å². The zero-order chi connectivity index (χ0) is 58.7. The number of nitrogens with zero attached hydrogens (tertiary/aromatic N) is 4. The lowest BCUT2D eigenvalue weighted by Gasteiger charge is -2.32. The first-order valence-electron chi connectivity index (χ1n) is 28.4. The summed E-state index contributed by atoms with van der Waals surface area (Å²) in [6.45, 7) is 29.8. The van der Waals surface area contributed by atoms with Gasteiger partial charge in [0.15, 0.2) is 5.58 Å². The predicted molar refractivity (Wildman–Crippen MR) is 339 cm³/mol. The van der Waals surface area contributed by atoms with Gasteiger partial charge in [-0.15, -0.1) is 0 Å². The number of rotatable bonds is 10. The SMILES string of the molecule is Cc1cc(C)c(N(c2ccc3cc(C4=Nc5cc(C(C)(C)c6ccc7oc(-c8cc9ccc(N(c%10c(C)cc(C)cc%10C)c%10c(C)cc(C)cc%10C)cc9oc8=O)nc7c6)ccc5[C@H](O)C4)c(=O)oc3c2)c2c(C)cc(C)cc2C)c(C)c1. The fourth-order valence-corrected chi connectivity index (χ4v) is 13.2. The quantitative estimate of drug-likeness (QED) is 0.133.